The predicted octanol–water partition coefficient (Wildman–Crippen LogP) is 0.940. The third-order valence-corrected chi connectivity index (χ3v) is 1.37. The van der Waals surface area contributed by atoms with Crippen molar-refractivity contribution in [3.63, 3.8) is 0 Å². The number of quaternary nitrogens is 1. The van der Waals surface area contributed by atoms with Crippen molar-refractivity contribution in [2.75, 3.05) is 14.1 Å². The molecule has 5 heteroatoms. The summed E-state index contributed by atoms with van der Waals surface area (Å²) in [6.07, 6.45) is 0. The van der Waals surface area contributed by atoms with Crippen LogP contribution in [0.2, 0.25) is 0 Å². The SMILES string of the molecule is CN(C)N=Nc1ccc([NH2+][O-])cc1. The largest absolute Gasteiger partial charge is 0.630 e. The maximum atomic E-state index is 10.3. The first-order chi connectivity index (χ1) is 6.22. The summed E-state index contributed by atoms with van der Waals surface area (Å²) in [5.74, 6) is 0. The molecule has 0 spiro atoms. The molecule has 0 atom stereocenters. The summed E-state index contributed by atoms with van der Waals surface area (Å²) in [5.41, 5.74) is 2.18. The quantitative estimate of drug-likeness (QED) is 0.427. The maximum absolute atomic E-state index is 10.3. The van der Waals surface area contributed by atoms with Gasteiger partial charge in [-0.15, -0.1) is 5.11 Å². The third-order valence-electron chi connectivity index (χ3n) is 1.37. The Morgan fingerprint density at radius 3 is 2.31 bits per heavy atom. The fourth-order valence-electron chi connectivity index (χ4n) is 0.761. The molecule has 0 amide bonds. The Balaban J connectivity index is 2.69. The van der Waals surface area contributed by atoms with Gasteiger partial charge in [-0.05, 0) is 12.1 Å². The smallest absolute Gasteiger partial charge is 0.129 e. The molecule has 0 fully saturated rings. The van der Waals surface area contributed by atoms with Gasteiger partial charge in [-0.25, -0.2) is 0 Å². The molecule has 70 valence electrons. The number of hydrogen-bond acceptors (Lipinski definition) is 3. The highest BCUT2D eigenvalue weighted by atomic mass is 16.5. The summed E-state index contributed by atoms with van der Waals surface area (Å²) in [7, 11) is 3.59. The van der Waals surface area contributed by atoms with E-state index in [2.05, 4.69) is 10.3 Å². The number of benzene rings is 1. The van der Waals surface area contributed by atoms with E-state index < -0.39 is 0 Å². The Morgan fingerprint density at radius 2 is 1.85 bits per heavy atom. The van der Waals surface area contributed by atoms with Gasteiger partial charge in [0.05, 0.1) is 5.69 Å². The van der Waals surface area contributed by atoms with Crippen LogP contribution >= 0.6 is 0 Å². The van der Waals surface area contributed by atoms with Gasteiger partial charge < -0.3 is 10.7 Å². The normalized spacial score (nSPS) is 10.7. The Kier molecular flexibility index (Phi) is 3.36. The topological polar surface area (TPSA) is 67.6 Å². The minimum Gasteiger partial charge on any atom is -0.630 e. The fraction of sp³-hybridized carbons (Fsp3) is 0.250. The Bertz CT molecular complexity index is 281. The summed E-state index contributed by atoms with van der Waals surface area (Å²) in [6.45, 7) is 0. The third kappa shape index (κ3) is 3.18. The van der Waals surface area contributed by atoms with Crippen LogP contribution in [-0.2, 0) is 0 Å². The fourth-order valence-corrected chi connectivity index (χ4v) is 0.761. The molecule has 13 heavy (non-hydrogen) atoms. The molecule has 1 rings (SSSR count). The van der Waals surface area contributed by atoms with Crippen molar-refractivity contribution in [1.29, 1.82) is 0 Å². The second-order valence-corrected chi connectivity index (χ2v) is 2.75. The zero-order valence-corrected chi connectivity index (χ0v) is 7.64. The van der Waals surface area contributed by atoms with E-state index in [1.165, 1.54) is 0 Å². The molecule has 0 aliphatic rings. The molecule has 0 radical (unpaired) electrons. The first-order valence-corrected chi connectivity index (χ1v) is 3.86. The van der Waals surface area contributed by atoms with Gasteiger partial charge >= 0.3 is 0 Å². The molecule has 0 bridgehead atoms. The molecule has 0 heterocycles. The molecule has 0 saturated carbocycles. The molecule has 1 aromatic rings. The first kappa shape index (κ1) is 9.63. The lowest BCUT2D eigenvalue weighted by molar-refractivity contribution is -0.497. The van der Waals surface area contributed by atoms with Crippen LogP contribution in [0.3, 0.4) is 0 Å². The van der Waals surface area contributed by atoms with Crippen molar-refractivity contribution in [2.24, 2.45) is 10.3 Å². The zero-order chi connectivity index (χ0) is 9.68. The van der Waals surface area contributed by atoms with Gasteiger partial charge in [0.15, 0.2) is 0 Å². The minimum absolute atomic E-state index is 0.642. The molecular formula is C8H12N4O. The van der Waals surface area contributed by atoms with Crippen LogP contribution in [0.5, 0.6) is 0 Å². The van der Waals surface area contributed by atoms with Crippen LogP contribution in [0, 0.1) is 5.21 Å². The zero-order valence-electron chi connectivity index (χ0n) is 7.64. The van der Waals surface area contributed by atoms with Crippen LogP contribution in [0.1, 0.15) is 0 Å². The van der Waals surface area contributed by atoms with E-state index in [1.54, 1.807) is 43.4 Å². The van der Waals surface area contributed by atoms with Crippen molar-refractivity contribution < 1.29 is 5.48 Å². The molecule has 2 N–H and O–H groups in total. The van der Waals surface area contributed by atoms with Gasteiger partial charge in [-0.2, -0.15) is 0 Å². The monoisotopic (exact) mass is 180 g/mol. The lowest BCUT2D eigenvalue weighted by atomic mass is 10.3. The van der Waals surface area contributed by atoms with Gasteiger partial charge in [-0.3, -0.25) is 5.01 Å². The predicted molar refractivity (Wildman–Crippen MR) is 49.6 cm³/mol. The average Bonchev–Trinajstić information content (AvgIpc) is 2.15. The van der Waals surface area contributed by atoms with Gasteiger partial charge in [0.1, 0.15) is 5.69 Å². The summed E-state index contributed by atoms with van der Waals surface area (Å²) in [4.78, 5) is 0. The van der Waals surface area contributed by atoms with Gasteiger partial charge in [0.25, 0.3) is 0 Å². The van der Waals surface area contributed by atoms with Gasteiger partial charge in [0.2, 0.25) is 0 Å². The maximum Gasteiger partial charge on any atom is 0.129 e. The Labute approximate surface area is 76.6 Å². The minimum atomic E-state index is 0.642. The second-order valence-electron chi connectivity index (χ2n) is 2.75. The molecule has 1 aromatic carbocycles. The molecular weight excluding hydrogens is 168 g/mol. The average molecular weight is 180 g/mol. The standard InChI is InChI=1S/C8H12N4O/c1-12(2)11-9-7-3-5-8(10-13)6-4-7/h3-6H,10H2,1-2H3. The molecule has 5 nitrogen and oxygen atoms in total. The highest BCUT2D eigenvalue weighted by Crippen LogP contribution is 2.13. The van der Waals surface area contributed by atoms with Crippen molar-refractivity contribution in [3.05, 3.63) is 29.5 Å². The van der Waals surface area contributed by atoms with Crippen molar-refractivity contribution in [2.45, 2.75) is 0 Å². The lowest BCUT2D eigenvalue weighted by Crippen LogP contribution is -2.69. The van der Waals surface area contributed by atoms with Crippen LogP contribution in [-0.4, -0.2) is 19.1 Å². The Hall–Kier alpha value is -1.46. The van der Waals surface area contributed by atoms with Gasteiger partial charge in [-0.1, -0.05) is 5.22 Å². The van der Waals surface area contributed by atoms with E-state index in [0.29, 0.717) is 5.69 Å². The number of nitrogens with zero attached hydrogens (tertiary/aromatic N) is 3. The summed E-state index contributed by atoms with van der Waals surface area (Å²) in [5, 5.41) is 19.7. The van der Waals surface area contributed by atoms with E-state index in [1.807, 2.05) is 0 Å². The summed E-state index contributed by atoms with van der Waals surface area (Å²) in [6, 6.07) is 6.90. The van der Waals surface area contributed by atoms with E-state index in [9.17, 15) is 5.21 Å². The van der Waals surface area contributed by atoms with Gasteiger partial charge in [0, 0.05) is 26.2 Å². The van der Waals surface area contributed by atoms with Crippen molar-refractivity contribution in [3.8, 4) is 0 Å². The summed E-state index contributed by atoms with van der Waals surface area (Å²) >= 11 is 0. The van der Waals surface area contributed by atoms with Crippen LogP contribution in [0.25, 0.3) is 0 Å². The highest BCUT2D eigenvalue weighted by Gasteiger charge is 1.91. The lowest BCUT2D eigenvalue weighted by Gasteiger charge is -2.01. The van der Waals surface area contributed by atoms with E-state index >= 15 is 0 Å². The second kappa shape index (κ2) is 4.54. The number of hydrogen-bond donors (Lipinski definition) is 1. The van der Waals surface area contributed by atoms with Crippen LogP contribution in [0.15, 0.2) is 34.6 Å². The van der Waals surface area contributed by atoms with E-state index in [-0.39, 0.29) is 0 Å². The number of nitrogens with two attached hydrogens (primary N) is 1. The molecule has 0 aromatic heterocycles. The molecule has 0 aliphatic carbocycles. The van der Waals surface area contributed by atoms with Crippen molar-refractivity contribution >= 4 is 11.4 Å². The first-order valence-electron chi connectivity index (χ1n) is 3.86. The highest BCUT2D eigenvalue weighted by molar-refractivity contribution is 5.42. The van der Waals surface area contributed by atoms with Crippen LogP contribution < -0.4 is 5.48 Å². The van der Waals surface area contributed by atoms with E-state index in [4.69, 9.17) is 0 Å². The van der Waals surface area contributed by atoms with Crippen molar-refractivity contribution in [1.82, 2.24) is 5.01 Å². The molecule has 0 unspecified atom stereocenters. The van der Waals surface area contributed by atoms with Crippen LogP contribution in [0.4, 0.5) is 11.4 Å². The number of rotatable bonds is 3. The summed E-state index contributed by atoms with van der Waals surface area (Å²) < 4.78 is 0. The van der Waals surface area contributed by atoms with E-state index in [0.717, 1.165) is 11.2 Å². The Morgan fingerprint density at radius 1 is 1.23 bits per heavy atom. The molecule has 0 aliphatic heterocycles. The molecule has 0 saturated heterocycles.